The number of ether oxygens (including phenoxy) is 6. The van der Waals surface area contributed by atoms with Crippen LogP contribution < -0.4 is 34.7 Å². The van der Waals surface area contributed by atoms with Gasteiger partial charge in [-0.1, -0.05) is 52.8 Å². The molecule has 8 rings (SSSR count). The minimum Gasteiger partial charge on any atom is -0.497 e. The van der Waals surface area contributed by atoms with E-state index in [0.717, 1.165) is 34.0 Å². The molecule has 0 radical (unpaired) electrons. The van der Waals surface area contributed by atoms with Gasteiger partial charge in [0.25, 0.3) is 11.8 Å². The van der Waals surface area contributed by atoms with E-state index in [1.165, 1.54) is 23.8 Å². The second-order valence-electron chi connectivity index (χ2n) is 14.7. The number of rotatable bonds is 19. The number of thiazole rings is 1. The molecule has 0 unspecified atom stereocenters. The SMILES string of the molecule is CO/N=C(\C(=O)N[C@@H]1C(=O)N2C(C(=O)OCc3ccc(OC)cc3)=C(/C=C/c3cc(-c4ccc(OCc5ccc(OC)cc5)c(OCc5ccc(OC)cc5)c4)no3)CS[C@H]12)c1csc(N)n1. The van der Waals surface area contributed by atoms with E-state index in [0.29, 0.717) is 52.0 Å². The minimum atomic E-state index is -0.994. The van der Waals surface area contributed by atoms with Gasteiger partial charge in [0.15, 0.2) is 28.1 Å². The molecule has 4 heterocycles. The van der Waals surface area contributed by atoms with Gasteiger partial charge in [0.2, 0.25) is 0 Å². The molecule has 0 spiro atoms. The summed E-state index contributed by atoms with van der Waals surface area (Å²) in [6.45, 7) is 0.480. The maximum absolute atomic E-state index is 14.0. The highest BCUT2D eigenvalue weighted by Crippen LogP contribution is 2.42. The number of hydrogen-bond acceptors (Lipinski definition) is 17. The van der Waals surface area contributed by atoms with Crippen LogP contribution in [0.25, 0.3) is 17.3 Å². The summed E-state index contributed by atoms with van der Waals surface area (Å²) in [4.78, 5) is 51.7. The van der Waals surface area contributed by atoms with E-state index >= 15 is 0 Å². The minimum absolute atomic E-state index is 0.0330. The van der Waals surface area contributed by atoms with Gasteiger partial charge >= 0.3 is 5.97 Å². The summed E-state index contributed by atoms with van der Waals surface area (Å²) in [6.07, 6.45) is 3.35. The number of nitrogens with two attached hydrogens (primary N) is 1. The molecule has 2 aromatic heterocycles. The van der Waals surface area contributed by atoms with Crippen molar-refractivity contribution in [2.45, 2.75) is 31.2 Å². The summed E-state index contributed by atoms with van der Waals surface area (Å²) in [6, 6.07) is 28.5. The van der Waals surface area contributed by atoms with Crippen molar-refractivity contribution in [1.82, 2.24) is 20.4 Å². The average molecular weight is 945 g/mol. The number of β-lactam (4-membered cyclic amide) rings is 1. The Bertz CT molecular complexity index is 2820. The van der Waals surface area contributed by atoms with Gasteiger partial charge in [-0.05, 0) is 82.9 Å². The van der Waals surface area contributed by atoms with Crippen LogP contribution in [0.15, 0.2) is 129 Å². The number of oxime groups is 1. The topological polar surface area (TPSA) is 208 Å². The fraction of sp³-hybridized carbons (Fsp3) is 0.208. The number of methoxy groups -OCH3 is 3. The monoisotopic (exact) mass is 944 g/mol. The number of fused-ring (bicyclic) bond motifs is 1. The third-order valence-electron chi connectivity index (χ3n) is 10.5. The maximum Gasteiger partial charge on any atom is 0.355 e. The van der Waals surface area contributed by atoms with Crippen LogP contribution in [-0.2, 0) is 43.8 Å². The van der Waals surface area contributed by atoms with Gasteiger partial charge in [-0.15, -0.1) is 23.1 Å². The van der Waals surface area contributed by atoms with Crippen molar-refractivity contribution in [3.63, 3.8) is 0 Å². The number of thioether (sulfide) groups is 1. The Balaban J connectivity index is 1.03. The lowest BCUT2D eigenvalue weighted by Crippen LogP contribution is -2.71. The van der Waals surface area contributed by atoms with Crippen LogP contribution in [0.4, 0.5) is 5.13 Å². The first-order chi connectivity index (χ1) is 32.6. The zero-order chi connectivity index (χ0) is 46.9. The number of esters is 1. The van der Waals surface area contributed by atoms with E-state index in [1.807, 2.05) is 66.7 Å². The first-order valence-corrected chi connectivity index (χ1v) is 22.5. The number of anilines is 1. The van der Waals surface area contributed by atoms with E-state index < -0.39 is 29.2 Å². The highest BCUT2D eigenvalue weighted by molar-refractivity contribution is 8.00. The molecule has 344 valence electrons. The van der Waals surface area contributed by atoms with Gasteiger partial charge in [0.05, 0.1) is 21.3 Å². The number of nitrogen functional groups attached to an aromatic ring is 1. The van der Waals surface area contributed by atoms with Gasteiger partial charge < -0.3 is 48.8 Å². The second kappa shape index (κ2) is 21.0. The summed E-state index contributed by atoms with van der Waals surface area (Å²) in [5.41, 5.74) is 10.1. The van der Waals surface area contributed by atoms with Crippen LogP contribution in [0.2, 0.25) is 0 Å². The molecular formula is C48H44N6O11S2. The molecule has 2 aliphatic heterocycles. The number of carbonyl (C=O) groups excluding carboxylic acids is 3. The molecule has 17 nitrogen and oxygen atoms in total. The molecule has 0 saturated carbocycles. The van der Waals surface area contributed by atoms with Crippen LogP contribution in [-0.4, -0.2) is 84.1 Å². The molecule has 67 heavy (non-hydrogen) atoms. The number of benzene rings is 4. The van der Waals surface area contributed by atoms with Gasteiger partial charge in [-0.25, -0.2) is 9.78 Å². The van der Waals surface area contributed by atoms with E-state index in [1.54, 1.807) is 69.2 Å². The second-order valence-corrected chi connectivity index (χ2v) is 16.7. The van der Waals surface area contributed by atoms with Crippen molar-refractivity contribution >= 4 is 57.8 Å². The number of nitrogens with one attached hydrogen (secondary N) is 1. The van der Waals surface area contributed by atoms with Crippen LogP contribution in [0.5, 0.6) is 28.7 Å². The smallest absolute Gasteiger partial charge is 0.355 e. The molecule has 1 saturated heterocycles. The summed E-state index contributed by atoms with van der Waals surface area (Å²) in [7, 11) is 6.08. The fourth-order valence-electron chi connectivity index (χ4n) is 6.95. The van der Waals surface area contributed by atoms with Crippen molar-refractivity contribution in [2.24, 2.45) is 5.16 Å². The Morgan fingerprint density at radius 2 is 1.43 bits per heavy atom. The lowest BCUT2D eigenvalue weighted by Gasteiger charge is -2.49. The number of aromatic nitrogens is 2. The molecule has 1 fully saturated rings. The third kappa shape index (κ3) is 10.7. The van der Waals surface area contributed by atoms with Crippen LogP contribution in [0, 0.1) is 0 Å². The first-order valence-electron chi connectivity index (χ1n) is 20.6. The molecule has 0 bridgehead atoms. The number of allylic oxidation sites excluding steroid dienone is 1. The standard InChI is InChI=1S/C48H44N6O11S2/c1-58-33-13-5-28(6-14-33)23-62-39-20-12-31(21-40(39)63-24-29-7-15-34(59-2)16-8-29)37-22-36(65-52-37)19-11-32-26-66-46-42(51-44(55)41(53-61-4)38-27-67-48(49)50-38)45(56)54(46)43(32)47(57)64-25-30-9-17-35(60-3)18-10-30/h5-22,27,42,46H,23-26H2,1-4H3,(H2,49,50)(H,51,55)/b19-11+,53-41-/t42-,46-/m1/s1. The lowest BCUT2D eigenvalue weighted by molar-refractivity contribution is -0.153. The lowest BCUT2D eigenvalue weighted by atomic mass is 10.0. The van der Waals surface area contributed by atoms with Crippen molar-refractivity contribution in [3.8, 4) is 40.0 Å². The first kappa shape index (κ1) is 45.8. The quantitative estimate of drug-likeness (QED) is 0.0362. The highest BCUT2D eigenvalue weighted by Gasteiger charge is 2.54. The van der Waals surface area contributed by atoms with E-state index in [4.69, 9.17) is 43.5 Å². The summed E-state index contributed by atoms with van der Waals surface area (Å²) in [5.74, 6) is 1.84. The number of amides is 2. The molecule has 6 aromatic rings. The Hall–Kier alpha value is -7.77. The largest absolute Gasteiger partial charge is 0.497 e. The zero-order valence-corrected chi connectivity index (χ0v) is 38.3. The molecular weight excluding hydrogens is 901 g/mol. The fourth-order valence-corrected chi connectivity index (χ4v) is 8.82. The Morgan fingerprint density at radius 3 is 2.01 bits per heavy atom. The number of carbonyl (C=O) groups is 3. The van der Waals surface area contributed by atoms with Crippen LogP contribution in [0.3, 0.4) is 0 Å². The van der Waals surface area contributed by atoms with Gasteiger partial charge in [-0.2, -0.15) is 0 Å². The van der Waals surface area contributed by atoms with E-state index in [-0.39, 0.29) is 41.2 Å². The van der Waals surface area contributed by atoms with Gasteiger partial charge in [0.1, 0.15) is 72.7 Å². The van der Waals surface area contributed by atoms with Crippen molar-refractivity contribution in [2.75, 3.05) is 39.9 Å². The summed E-state index contributed by atoms with van der Waals surface area (Å²) < 4.78 is 39.9. The van der Waals surface area contributed by atoms with Crippen LogP contribution in [0.1, 0.15) is 28.1 Å². The summed E-state index contributed by atoms with van der Waals surface area (Å²) in [5, 5.41) is 12.0. The van der Waals surface area contributed by atoms with Gasteiger partial charge in [-0.3, -0.25) is 14.5 Å². The maximum atomic E-state index is 14.0. The Labute approximate surface area is 393 Å². The molecule has 3 N–H and O–H groups in total. The van der Waals surface area contributed by atoms with Crippen molar-refractivity contribution in [1.29, 1.82) is 0 Å². The van der Waals surface area contributed by atoms with Crippen LogP contribution >= 0.6 is 23.1 Å². The van der Waals surface area contributed by atoms with E-state index in [2.05, 4.69) is 20.6 Å². The predicted octanol–water partition coefficient (Wildman–Crippen LogP) is 7.03. The zero-order valence-electron chi connectivity index (χ0n) is 36.6. The van der Waals surface area contributed by atoms with Crippen molar-refractivity contribution in [3.05, 3.63) is 148 Å². The third-order valence-corrected chi connectivity index (χ3v) is 12.5. The molecule has 19 heteroatoms. The molecule has 2 atom stereocenters. The highest BCUT2D eigenvalue weighted by atomic mass is 32.2. The number of nitrogens with zero attached hydrogens (tertiary/aromatic N) is 4. The molecule has 2 aliphatic rings. The van der Waals surface area contributed by atoms with Crippen molar-refractivity contribution < 1.29 is 52.2 Å². The normalized spacial score (nSPS) is 15.7. The average Bonchev–Trinajstić information content (AvgIpc) is 4.03. The molecule has 4 aromatic carbocycles. The predicted molar refractivity (Wildman–Crippen MR) is 251 cm³/mol. The Morgan fingerprint density at radius 1 is 0.821 bits per heavy atom. The van der Waals surface area contributed by atoms with Gasteiger partial charge in [0, 0.05) is 22.8 Å². The number of hydrogen-bond donors (Lipinski definition) is 2. The summed E-state index contributed by atoms with van der Waals surface area (Å²) >= 11 is 2.48. The molecule has 2 amide bonds. The Kier molecular flexibility index (Phi) is 14.4. The molecule has 0 aliphatic carbocycles. The van der Waals surface area contributed by atoms with E-state index in [9.17, 15) is 14.4 Å².